The Labute approximate surface area is 173 Å². The van der Waals surface area contributed by atoms with E-state index in [0.717, 1.165) is 16.2 Å². The third-order valence-electron chi connectivity index (χ3n) is 4.13. The number of anilines is 1. The fourth-order valence-corrected chi connectivity index (χ4v) is 5.77. The summed E-state index contributed by atoms with van der Waals surface area (Å²) in [5.74, 6) is -0.194. The second kappa shape index (κ2) is 8.06. The highest BCUT2D eigenvalue weighted by Gasteiger charge is 2.29. The first-order chi connectivity index (χ1) is 13.2. The van der Waals surface area contributed by atoms with E-state index < -0.39 is 10.0 Å². The predicted octanol–water partition coefficient (Wildman–Crippen LogP) is 5.13. The van der Waals surface area contributed by atoms with Crippen LogP contribution in [0.3, 0.4) is 0 Å². The Bertz CT molecular complexity index is 1020. The van der Waals surface area contributed by atoms with Gasteiger partial charge in [0.2, 0.25) is 0 Å². The van der Waals surface area contributed by atoms with Gasteiger partial charge < -0.3 is 5.32 Å². The molecule has 1 aromatic carbocycles. The first-order valence-electron chi connectivity index (χ1n) is 8.67. The van der Waals surface area contributed by atoms with E-state index in [1.165, 1.54) is 0 Å². The summed E-state index contributed by atoms with van der Waals surface area (Å²) in [5, 5.41) is 6.80. The number of carbonyl (C=O) groups is 1. The molecule has 28 heavy (non-hydrogen) atoms. The summed E-state index contributed by atoms with van der Waals surface area (Å²) >= 11 is 2.76. The van der Waals surface area contributed by atoms with Crippen molar-refractivity contribution in [2.24, 2.45) is 5.41 Å². The quantitative estimate of drug-likeness (QED) is 0.565. The zero-order valence-electron chi connectivity index (χ0n) is 15.8. The number of benzene rings is 1. The van der Waals surface area contributed by atoms with E-state index in [-0.39, 0.29) is 21.6 Å². The molecule has 3 rings (SSSR count). The van der Waals surface area contributed by atoms with Crippen LogP contribution in [-0.4, -0.2) is 14.3 Å². The van der Waals surface area contributed by atoms with Crippen molar-refractivity contribution in [1.82, 2.24) is 5.32 Å². The zero-order chi connectivity index (χ0) is 20.4. The van der Waals surface area contributed by atoms with Gasteiger partial charge in [-0.15, -0.1) is 22.7 Å². The van der Waals surface area contributed by atoms with Crippen LogP contribution in [0.2, 0.25) is 0 Å². The molecule has 0 bridgehead atoms. The summed E-state index contributed by atoms with van der Waals surface area (Å²) in [4.78, 5) is 13.8. The van der Waals surface area contributed by atoms with Crippen LogP contribution in [0.1, 0.15) is 42.0 Å². The van der Waals surface area contributed by atoms with Gasteiger partial charge >= 0.3 is 0 Å². The summed E-state index contributed by atoms with van der Waals surface area (Å²) in [7, 11) is -3.60. The molecule has 2 N–H and O–H groups in total. The average Bonchev–Trinajstić information content (AvgIpc) is 3.32. The van der Waals surface area contributed by atoms with Crippen LogP contribution >= 0.6 is 22.7 Å². The molecule has 0 saturated heterocycles. The summed E-state index contributed by atoms with van der Waals surface area (Å²) in [5.41, 5.74) is 0.747. The van der Waals surface area contributed by atoms with Crippen LogP contribution in [0.25, 0.3) is 0 Å². The molecule has 1 unspecified atom stereocenters. The van der Waals surface area contributed by atoms with Crippen LogP contribution in [-0.2, 0) is 10.0 Å². The fraction of sp³-hybridized carbons (Fsp3) is 0.250. The Hall–Kier alpha value is -2.16. The van der Waals surface area contributed by atoms with Gasteiger partial charge in [-0.2, -0.15) is 0 Å². The largest absolute Gasteiger partial charge is 0.344 e. The molecule has 0 spiro atoms. The molecular formula is C20H22N2O3S3. The van der Waals surface area contributed by atoms with Crippen molar-refractivity contribution in [3.8, 4) is 0 Å². The lowest BCUT2D eigenvalue weighted by atomic mass is 9.85. The van der Waals surface area contributed by atoms with Crippen LogP contribution in [0.4, 0.5) is 5.69 Å². The SMILES string of the molecule is CC(C)(C)C(NC(=O)c1ccc(NS(=O)(=O)c2cccs2)cc1)c1cccs1. The van der Waals surface area contributed by atoms with Crippen molar-refractivity contribution in [3.05, 3.63) is 69.7 Å². The molecule has 0 radical (unpaired) electrons. The molecule has 0 saturated carbocycles. The minimum atomic E-state index is -3.60. The number of sulfonamides is 1. The Balaban J connectivity index is 1.73. The number of hydrogen-bond acceptors (Lipinski definition) is 5. The molecule has 0 aliphatic heterocycles. The first-order valence-corrected chi connectivity index (χ1v) is 11.9. The average molecular weight is 435 g/mol. The molecular weight excluding hydrogens is 412 g/mol. The van der Waals surface area contributed by atoms with Gasteiger partial charge in [0, 0.05) is 16.1 Å². The fourth-order valence-electron chi connectivity index (χ4n) is 2.70. The zero-order valence-corrected chi connectivity index (χ0v) is 18.2. The van der Waals surface area contributed by atoms with Gasteiger partial charge in [-0.25, -0.2) is 8.42 Å². The number of thiophene rings is 2. The molecule has 8 heteroatoms. The van der Waals surface area contributed by atoms with Gasteiger partial charge in [0.1, 0.15) is 4.21 Å². The number of amides is 1. The molecule has 2 aromatic heterocycles. The van der Waals surface area contributed by atoms with E-state index in [4.69, 9.17) is 0 Å². The third-order valence-corrected chi connectivity index (χ3v) is 7.84. The van der Waals surface area contributed by atoms with Gasteiger partial charge in [-0.1, -0.05) is 32.9 Å². The van der Waals surface area contributed by atoms with Crippen molar-refractivity contribution in [3.63, 3.8) is 0 Å². The molecule has 0 aliphatic rings. The molecule has 3 aromatic rings. The number of nitrogens with one attached hydrogen (secondary N) is 2. The molecule has 148 valence electrons. The Morgan fingerprint density at radius 2 is 1.61 bits per heavy atom. The van der Waals surface area contributed by atoms with E-state index in [1.807, 2.05) is 17.5 Å². The predicted molar refractivity (Wildman–Crippen MR) is 116 cm³/mol. The Kier molecular flexibility index (Phi) is 5.92. The van der Waals surface area contributed by atoms with Crippen LogP contribution in [0.5, 0.6) is 0 Å². The van der Waals surface area contributed by atoms with Crippen molar-refractivity contribution < 1.29 is 13.2 Å². The van der Waals surface area contributed by atoms with E-state index in [2.05, 4.69) is 30.8 Å². The van der Waals surface area contributed by atoms with Crippen molar-refractivity contribution in [1.29, 1.82) is 0 Å². The number of rotatable bonds is 6. The second-order valence-electron chi connectivity index (χ2n) is 7.40. The maximum absolute atomic E-state index is 12.7. The topological polar surface area (TPSA) is 75.3 Å². The Morgan fingerprint density at radius 1 is 0.964 bits per heavy atom. The monoisotopic (exact) mass is 434 g/mol. The summed E-state index contributed by atoms with van der Waals surface area (Å²) in [6.45, 7) is 6.25. The lowest BCUT2D eigenvalue weighted by Gasteiger charge is -2.30. The summed E-state index contributed by atoms with van der Waals surface area (Å²) in [6, 6.07) is 13.5. The summed E-state index contributed by atoms with van der Waals surface area (Å²) in [6.07, 6.45) is 0. The lowest BCUT2D eigenvalue weighted by Crippen LogP contribution is -2.36. The van der Waals surface area contributed by atoms with Gasteiger partial charge in [-0.05, 0) is 52.6 Å². The van der Waals surface area contributed by atoms with Gasteiger partial charge in [0.05, 0.1) is 6.04 Å². The highest BCUT2D eigenvalue weighted by molar-refractivity contribution is 7.94. The summed E-state index contributed by atoms with van der Waals surface area (Å²) < 4.78 is 27.4. The minimum absolute atomic E-state index is 0.114. The molecule has 1 atom stereocenters. The first kappa shape index (κ1) is 20.6. The normalized spacial score (nSPS) is 13.1. The Morgan fingerprint density at radius 3 is 2.14 bits per heavy atom. The van der Waals surface area contributed by atoms with Crippen LogP contribution < -0.4 is 10.0 Å². The van der Waals surface area contributed by atoms with E-state index in [1.54, 1.807) is 53.1 Å². The second-order valence-corrected chi connectivity index (χ2v) is 11.2. The number of hydrogen-bond donors (Lipinski definition) is 2. The molecule has 0 fully saturated rings. The van der Waals surface area contributed by atoms with E-state index in [9.17, 15) is 13.2 Å². The molecule has 0 aliphatic carbocycles. The lowest BCUT2D eigenvalue weighted by molar-refractivity contribution is 0.0903. The van der Waals surface area contributed by atoms with Gasteiger partial charge in [0.25, 0.3) is 15.9 Å². The van der Waals surface area contributed by atoms with Gasteiger partial charge in [-0.3, -0.25) is 9.52 Å². The van der Waals surface area contributed by atoms with Crippen molar-refractivity contribution in [2.75, 3.05) is 4.72 Å². The molecule has 2 heterocycles. The molecule has 5 nitrogen and oxygen atoms in total. The van der Waals surface area contributed by atoms with Gasteiger partial charge in [0.15, 0.2) is 0 Å². The standard InChI is InChI=1S/C20H22N2O3S3/c1-20(2,3)18(16-6-4-12-26-16)21-19(23)14-8-10-15(11-9-14)22-28(24,25)17-7-5-13-27-17/h4-13,18,22H,1-3H3,(H,21,23). The molecule has 1 amide bonds. The number of carbonyl (C=O) groups excluding carboxylic acids is 1. The minimum Gasteiger partial charge on any atom is -0.344 e. The maximum atomic E-state index is 12.7. The van der Waals surface area contributed by atoms with Crippen LogP contribution in [0.15, 0.2) is 63.5 Å². The maximum Gasteiger partial charge on any atom is 0.271 e. The van der Waals surface area contributed by atoms with E-state index in [0.29, 0.717) is 11.3 Å². The van der Waals surface area contributed by atoms with Crippen molar-refractivity contribution >= 4 is 44.3 Å². The van der Waals surface area contributed by atoms with E-state index >= 15 is 0 Å². The van der Waals surface area contributed by atoms with Crippen molar-refractivity contribution in [2.45, 2.75) is 31.0 Å². The third kappa shape index (κ3) is 4.81. The highest BCUT2D eigenvalue weighted by atomic mass is 32.2. The van der Waals surface area contributed by atoms with Crippen LogP contribution in [0, 0.1) is 5.41 Å². The highest BCUT2D eigenvalue weighted by Crippen LogP contribution is 2.35. The smallest absolute Gasteiger partial charge is 0.271 e.